The van der Waals surface area contributed by atoms with Crippen molar-refractivity contribution in [2.75, 3.05) is 0 Å². The van der Waals surface area contributed by atoms with E-state index in [9.17, 15) is 17.6 Å². The second kappa shape index (κ2) is 6.07. The number of nitrogens with two attached hydrogens (primary N) is 1. The third kappa shape index (κ3) is 4.40. The molecule has 0 heterocycles. The molecule has 1 unspecified atom stereocenters. The van der Waals surface area contributed by atoms with Crippen molar-refractivity contribution >= 4 is 12.4 Å². The zero-order valence-electron chi connectivity index (χ0n) is 8.87. The summed E-state index contributed by atoms with van der Waals surface area (Å²) in [6, 6.07) is 5.00. The van der Waals surface area contributed by atoms with Crippen molar-refractivity contribution in [3.05, 3.63) is 29.8 Å². The molecule has 0 bridgehead atoms. The topological polar surface area (TPSA) is 35.2 Å². The average molecular weight is 274 g/mol. The van der Waals surface area contributed by atoms with E-state index in [1.807, 2.05) is 0 Å². The first kappa shape index (κ1) is 16.0. The molecule has 1 aromatic rings. The quantitative estimate of drug-likeness (QED) is 0.854. The highest BCUT2D eigenvalue weighted by molar-refractivity contribution is 5.85. The zero-order valence-corrected chi connectivity index (χ0v) is 9.69. The number of hydrogen-bond donors (Lipinski definition) is 1. The van der Waals surface area contributed by atoms with Gasteiger partial charge in [-0.25, -0.2) is 0 Å². The van der Waals surface area contributed by atoms with Gasteiger partial charge >= 0.3 is 12.5 Å². The van der Waals surface area contributed by atoms with E-state index in [2.05, 4.69) is 4.74 Å². The van der Waals surface area contributed by atoms with E-state index in [0.29, 0.717) is 5.56 Å². The maximum Gasteiger partial charge on any atom is 0.461 e. The number of alkyl halides is 4. The Balaban J connectivity index is 0.00000256. The lowest BCUT2D eigenvalue weighted by molar-refractivity contribution is -0.253. The summed E-state index contributed by atoms with van der Waals surface area (Å²) in [5, 5.41) is 0. The summed E-state index contributed by atoms with van der Waals surface area (Å²) < 4.78 is 52.8. The Bertz CT molecular complexity index is 360. The maximum absolute atomic E-state index is 12.6. The van der Waals surface area contributed by atoms with Crippen molar-refractivity contribution < 1.29 is 22.3 Å². The summed E-state index contributed by atoms with van der Waals surface area (Å²) in [4.78, 5) is 0. The van der Waals surface area contributed by atoms with Crippen molar-refractivity contribution in [3.8, 4) is 5.75 Å². The summed E-state index contributed by atoms with van der Waals surface area (Å²) >= 11 is 0. The molecule has 0 aliphatic carbocycles. The van der Waals surface area contributed by atoms with E-state index < -0.39 is 12.5 Å². The van der Waals surface area contributed by atoms with E-state index in [0.717, 1.165) is 0 Å². The molecular weight excluding hydrogens is 262 g/mol. The van der Waals surface area contributed by atoms with Crippen LogP contribution in [0.3, 0.4) is 0 Å². The van der Waals surface area contributed by atoms with Gasteiger partial charge in [-0.1, -0.05) is 12.1 Å². The van der Waals surface area contributed by atoms with Crippen molar-refractivity contribution in [1.29, 1.82) is 0 Å². The largest absolute Gasteiger partial charge is 0.461 e. The van der Waals surface area contributed by atoms with Gasteiger partial charge in [0.2, 0.25) is 0 Å². The highest BCUT2D eigenvalue weighted by Crippen LogP contribution is 2.28. The maximum atomic E-state index is 12.6. The summed E-state index contributed by atoms with van der Waals surface area (Å²) in [7, 11) is 0. The lowest BCUT2D eigenvalue weighted by atomic mass is 10.1. The molecule has 1 aromatic carbocycles. The molecule has 0 spiro atoms. The number of rotatable bonds is 4. The summed E-state index contributed by atoms with van der Waals surface area (Å²) in [6.45, 7) is 1.64. The third-order valence-electron chi connectivity index (χ3n) is 1.89. The molecule has 0 fully saturated rings. The minimum absolute atomic E-state index is 0. The van der Waals surface area contributed by atoms with Gasteiger partial charge in [-0.15, -0.1) is 12.4 Å². The van der Waals surface area contributed by atoms with Crippen molar-refractivity contribution in [2.45, 2.75) is 25.5 Å². The van der Waals surface area contributed by atoms with Gasteiger partial charge in [0.15, 0.2) is 0 Å². The van der Waals surface area contributed by atoms with Crippen LogP contribution in [0.1, 0.15) is 18.5 Å². The van der Waals surface area contributed by atoms with Crippen LogP contribution in [-0.4, -0.2) is 12.5 Å². The molecule has 0 aliphatic rings. The first-order valence-electron chi connectivity index (χ1n) is 4.53. The van der Waals surface area contributed by atoms with Crippen molar-refractivity contribution in [3.63, 3.8) is 0 Å². The van der Waals surface area contributed by atoms with Crippen molar-refractivity contribution in [2.24, 2.45) is 5.73 Å². The highest BCUT2D eigenvalue weighted by Gasteiger charge is 2.43. The first-order chi connectivity index (χ1) is 7.33. The molecule has 7 heteroatoms. The van der Waals surface area contributed by atoms with Crippen LogP contribution in [0.5, 0.6) is 5.75 Å². The van der Waals surface area contributed by atoms with E-state index >= 15 is 0 Å². The van der Waals surface area contributed by atoms with Crippen LogP contribution in [0, 0.1) is 0 Å². The van der Waals surface area contributed by atoms with Crippen LogP contribution in [0.15, 0.2) is 24.3 Å². The van der Waals surface area contributed by atoms with Crippen LogP contribution in [0.25, 0.3) is 0 Å². The Hall–Kier alpha value is -1.01. The Morgan fingerprint density at radius 2 is 1.88 bits per heavy atom. The summed E-state index contributed by atoms with van der Waals surface area (Å²) in [5.74, 6) is -0.333. The number of benzene rings is 1. The molecule has 0 amide bonds. The lowest BCUT2D eigenvalue weighted by Gasteiger charge is -2.17. The standard InChI is InChI=1S/C10H11F4NO.ClH/c1-6(15)7-3-2-4-8(5-7)16-10(13,14)9(11)12;/h2-6,9H,15H2,1H3;1H. The molecule has 17 heavy (non-hydrogen) atoms. The molecule has 0 saturated heterocycles. The van der Waals surface area contributed by atoms with Gasteiger partial charge in [-0.05, 0) is 24.6 Å². The first-order valence-corrected chi connectivity index (χ1v) is 4.53. The monoisotopic (exact) mass is 273 g/mol. The Kier molecular flexibility index (Phi) is 5.71. The van der Waals surface area contributed by atoms with Gasteiger partial charge in [0.25, 0.3) is 0 Å². The lowest BCUT2D eigenvalue weighted by Crippen LogP contribution is -2.33. The van der Waals surface area contributed by atoms with Gasteiger partial charge in [0.1, 0.15) is 5.75 Å². The predicted molar refractivity (Wildman–Crippen MR) is 57.9 cm³/mol. The number of hydrogen-bond acceptors (Lipinski definition) is 2. The van der Waals surface area contributed by atoms with Crippen LogP contribution >= 0.6 is 12.4 Å². The van der Waals surface area contributed by atoms with Crippen LogP contribution < -0.4 is 10.5 Å². The predicted octanol–water partition coefficient (Wildman–Crippen LogP) is 3.36. The van der Waals surface area contributed by atoms with Crippen molar-refractivity contribution in [1.82, 2.24) is 0 Å². The van der Waals surface area contributed by atoms with Gasteiger partial charge in [-0.3, -0.25) is 0 Å². The molecule has 2 N–H and O–H groups in total. The van der Waals surface area contributed by atoms with Crippen LogP contribution in [-0.2, 0) is 0 Å². The van der Waals surface area contributed by atoms with Gasteiger partial charge in [-0.2, -0.15) is 17.6 Å². The molecule has 0 aromatic heterocycles. The summed E-state index contributed by atoms with van der Waals surface area (Å²) in [6.07, 6.45) is -8.36. The molecule has 0 radical (unpaired) electrons. The van der Waals surface area contributed by atoms with Crippen LogP contribution in [0.2, 0.25) is 0 Å². The Morgan fingerprint density at radius 1 is 1.29 bits per heavy atom. The Labute approximate surface area is 102 Å². The SMILES string of the molecule is CC(N)c1cccc(OC(F)(F)C(F)F)c1.Cl. The molecule has 0 saturated carbocycles. The summed E-state index contributed by atoms with van der Waals surface area (Å²) in [5.41, 5.74) is 6.05. The minimum Gasteiger partial charge on any atom is -0.428 e. The molecule has 1 rings (SSSR count). The van der Waals surface area contributed by atoms with E-state index in [1.165, 1.54) is 18.2 Å². The fourth-order valence-corrected chi connectivity index (χ4v) is 1.06. The van der Waals surface area contributed by atoms with Gasteiger partial charge in [0.05, 0.1) is 0 Å². The molecule has 1 atom stereocenters. The smallest absolute Gasteiger partial charge is 0.428 e. The normalized spacial score (nSPS) is 13.1. The van der Waals surface area contributed by atoms with E-state index in [-0.39, 0.29) is 24.2 Å². The number of halogens is 5. The average Bonchev–Trinajstić information content (AvgIpc) is 2.17. The molecule has 2 nitrogen and oxygen atoms in total. The van der Waals surface area contributed by atoms with E-state index in [1.54, 1.807) is 13.0 Å². The van der Waals surface area contributed by atoms with Gasteiger partial charge < -0.3 is 10.5 Å². The van der Waals surface area contributed by atoms with Crippen LogP contribution in [0.4, 0.5) is 17.6 Å². The van der Waals surface area contributed by atoms with Gasteiger partial charge in [0, 0.05) is 6.04 Å². The molecule has 98 valence electrons. The van der Waals surface area contributed by atoms with E-state index in [4.69, 9.17) is 5.73 Å². The second-order valence-electron chi connectivity index (χ2n) is 3.33. The number of ether oxygens (including phenoxy) is 1. The second-order valence-corrected chi connectivity index (χ2v) is 3.33. The Morgan fingerprint density at radius 3 is 2.35 bits per heavy atom. The third-order valence-corrected chi connectivity index (χ3v) is 1.89. The molecular formula is C10H12ClF4NO. The fraction of sp³-hybridized carbons (Fsp3) is 0.400. The minimum atomic E-state index is -4.49. The fourth-order valence-electron chi connectivity index (χ4n) is 1.06. The zero-order chi connectivity index (χ0) is 12.3. The molecule has 0 aliphatic heterocycles. The highest BCUT2D eigenvalue weighted by atomic mass is 35.5.